The Morgan fingerprint density at radius 1 is 0.821 bits per heavy atom. The summed E-state index contributed by atoms with van der Waals surface area (Å²) in [7, 11) is 0. The van der Waals surface area contributed by atoms with Crippen LogP contribution in [0.25, 0.3) is 11.1 Å². The van der Waals surface area contributed by atoms with Gasteiger partial charge in [0, 0.05) is 11.9 Å². The van der Waals surface area contributed by atoms with E-state index in [-0.39, 0.29) is 0 Å². The summed E-state index contributed by atoms with van der Waals surface area (Å²) >= 11 is 3.46. The highest BCUT2D eigenvalue weighted by molar-refractivity contribution is 9.09. The lowest BCUT2D eigenvalue weighted by Crippen LogP contribution is -2.22. The second kappa shape index (κ2) is 10.9. The van der Waals surface area contributed by atoms with Crippen LogP contribution in [0.5, 0.6) is 11.5 Å². The van der Waals surface area contributed by atoms with Crippen molar-refractivity contribution in [3.8, 4) is 22.6 Å². The smallest absolute Gasteiger partial charge is 0.122 e. The standard InChI is InChI=1S/C24H32BrNO2/c1-19-21(9-5-11-23(19)27-17-7-13-25)22-10-6-12-24(20(22)2)28-18-8-16-26-14-3-4-15-26/h5-6,9-12H,3-4,7-8,13-18H2,1-2H3. The fourth-order valence-corrected chi connectivity index (χ4v) is 4.07. The highest BCUT2D eigenvalue weighted by Crippen LogP contribution is 2.35. The van der Waals surface area contributed by atoms with Crippen LogP contribution < -0.4 is 9.47 Å². The molecular formula is C24H32BrNO2. The van der Waals surface area contributed by atoms with Crippen molar-refractivity contribution in [2.45, 2.75) is 39.5 Å². The third-order valence-corrected chi connectivity index (χ3v) is 6.03. The molecule has 1 fully saturated rings. The summed E-state index contributed by atoms with van der Waals surface area (Å²) in [6.07, 6.45) is 4.78. The summed E-state index contributed by atoms with van der Waals surface area (Å²) in [5, 5.41) is 0.960. The molecule has 0 saturated carbocycles. The molecule has 152 valence electrons. The predicted molar refractivity (Wildman–Crippen MR) is 121 cm³/mol. The molecule has 0 radical (unpaired) electrons. The summed E-state index contributed by atoms with van der Waals surface area (Å²) in [4.78, 5) is 2.54. The van der Waals surface area contributed by atoms with Crippen LogP contribution >= 0.6 is 15.9 Å². The average Bonchev–Trinajstić information content (AvgIpc) is 3.22. The lowest BCUT2D eigenvalue weighted by Gasteiger charge is -2.17. The first-order valence-electron chi connectivity index (χ1n) is 10.4. The fraction of sp³-hybridized carbons (Fsp3) is 0.500. The van der Waals surface area contributed by atoms with E-state index in [0.29, 0.717) is 0 Å². The topological polar surface area (TPSA) is 21.7 Å². The normalized spacial score (nSPS) is 14.4. The zero-order valence-electron chi connectivity index (χ0n) is 17.2. The van der Waals surface area contributed by atoms with Crippen LogP contribution in [0.2, 0.25) is 0 Å². The minimum Gasteiger partial charge on any atom is -0.493 e. The summed E-state index contributed by atoms with van der Waals surface area (Å²) in [5.41, 5.74) is 4.83. The van der Waals surface area contributed by atoms with Crippen LogP contribution in [0.15, 0.2) is 36.4 Å². The molecule has 28 heavy (non-hydrogen) atoms. The molecule has 4 heteroatoms. The first-order valence-corrected chi connectivity index (χ1v) is 11.6. The molecule has 2 aromatic carbocycles. The first-order chi connectivity index (χ1) is 13.7. The summed E-state index contributed by atoms with van der Waals surface area (Å²) in [6.45, 7) is 9.45. The molecule has 0 unspecified atom stereocenters. The third kappa shape index (κ3) is 5.51. The number of ether oxygens (including phenoxy) is 2. The molecule has 0 N–H and O–H groups in total. The van der Waals surface area contributed by atoms with Gasteiger partial charge in [0.1, 0.15) is 11.5 Å². The monoisotopic (exact) mass is 445 g/mol. The molecule has 3 rings (SSSR count). The van der Waals surface area contributed by atoms with E-state index in [1.54, 1.807) is 0 Å². The van der Waals surface area contributed by atoms with Gasteiger partial charge in [0.2, 0.25) is 0 Å². The zero-order chi connectivity index (χ0) is 19.8. The van der Waals surface area contributed by atoms with Crippen LogP contribution in [0.1, 0.15) is 36.8 Å². The van der Waals surface area contributed by atoms with Gasteiger partial charge >= 0.3 is 0 Å². The molecule has 1 heterocycles. The molecule has 0 bridgehead atoms. The Bertz CT molecular complexity index is 756. The Morgan fingerprint density at radius 2 is 1.36 bits per heavy atom. The van der Waals surface area contributed by atoms with Crippen molar-refractivity contribution < 1.29 is 9.47 Å². The van der Waals surface area contributed by atoms with Crippen LogP contribution in [0, 0.1) is 13.8 Å². The second-order valence-electron chi connectivity index (χ2n) is 7.50. The van der Waals surface area contributed by atoms with Crippen molar-refractivity contribution in [1.82, 2.24) is 4.90 Å². The molecule has 0 aliphatic carbocycles. The maximum Gasteiger partial charge on any atom is 0.122 e. The van der Waals surface area contributed by atoms with E-state index in [1.165, 1.54) is 48.2 Å². The number of nitrogens with zero attached hydrogens (tertiary/aromatic N) is 1. The van der Waals surface area contributed by atoms with Gasteiger partial charge in [-0.05, 0) is 87.0 Å². The number of hydrogen-bond donors (Lipinski definition) is 0. The van der Waals surface area contributed by atoms with Gasteiger partial charge in [-0.3, -0.25) is 0 Å². The molecule has 0 spiro atoms. The number of hydrogen-bond acceptors (Lipinski definition) is 3. The second-order valence-corrected chi connectivity index (χ2v) is 8.29. The number of likely N-dealkylation sites (tertiary alicyclic amines) is 1. The van der Waals surface area contributed by atoms with Gasteiger partial charge in [-0.25, -0.2) is 0 Å². The van der Waals surface area contributed by atoms with E-state index in [1.807, 2.05) is 0 Å². The van der Waals surface area contributed by atoms with E-state index >= 15 is 0 Å². The van der Waals surface area contributed by atoms with E-state index in [4.69, 9.17) is 9.47 Å². The van der Waals surface area contributed by atoms with E-state index in [0.717, 1.165) is 49.4 Å². The Balaban J connectivity index is 1.67. The quantitative estimate of drug-likeness (QED) is 0.330. The van der Waals surface area contributed by atoms with Crippen molar-refractivity contribution in [2.75, 3.05) is 38.2 Å². The molecule has 0 amide bonds. The van der Waals surface area contributed by atoms with Crippen LogP contribution in [-0.2, 0) is 0 Å². The van der Waals surface area contributed by atoms with Crippen molar-refractivity contribution in [3.63, 3.8) is 0 Å². The fourth-order valence-electron chi connectivity index (χ4n) is 3.84. The average molecular weight is 446 g/mol. The van der Waals surface area contributed by atoms with Crippen LogP contribution in [0.3, 0.4) is 0 Å². The van der Waals surface area contributed by atoms with E-state index in [2.05, 4.69) is 71.1 Å². The zero-order valence-corrected chi connectivity index (χ0v) is 18.8. The Hall–Kier alpha value is -1.52. The van der Waals surface area contributed by atoms with Crippen LogP contribution in [0.4, 0.5) is 0 Å². The maximum absolute atomic E-state index is 6.15. The Labute approximate surface area is 178 Å². The predicted octanol–water partition coefficient (Wildman–Crippen LogP) is 6.00. The minimum atomic E-state index is 0.731. The minimum absolute atomic E-state index is 0.731. The number of alkyl halides is 1. The molecule has 2 aromatic rings. The van der Waals surface area contributed by atoms with Crippen LogP contribution in [-0.4, -0.2) is 43.1 Å². The first kappa shape index (κ1) is 21.2. The van der Waals surface area contributed by atoms with Gasteiger partial charge < -0.3 is 14.4 Å². The highest BCUT2D eigenvalue weighted by atomic mass is 79.9. The molecule has 1 aliphatic rings. The van der Waals surface area contributed by atoms with Gasteiger partial charge in [-0.1, -0.05) is 40.2 Å². The number of rotatable bonds is 10. The molecule has 1 saturated heterocycles. The van der Waals surface area contributed by atoms with Crippen molar-refractivity contribution in [2.24, 2.45) is 0 Å². The van der Waals surface area contributed by atoms with E-state index < -0.39 is 0 Å². The Kier molecular flexibility index (Phi) is 8.23. The largest absolute Gasteiger partial charge is 0.493 e. The molecule has 3 nitrogen and oxygen atoms in total. The summed E-state index contributed by atoms with van der Waals surface area (Å²) in [6, 6.07) is 12.7. The SMILES string of the molecule is Cc1c(OCCCBr)cccc1-c1cccc(OCCCN2CCCC2)c1C. The number of halogens is 1. The van der Waals surface area contributed by atoms with Gasteiger partial charge in [-0.2, -0.15) is 0 Å². The lowest BCUT2D eigenvalue weighted by molar-refractivity contribution is 0.262. The maximum atomic E-state index is 6.15. The lowest BCUT2D eigenvalue weighted by atomic mass is 9.95. The third-order valence-electron chi connectivity index (χ3n) is 5.47. The number of benzene rings is 2. The van der Waals surface area contributed by atoms with Crippen molar-refractivity contribution in [1.29, 1.82) is 0 Å². The van der Waals surface area contributed by atoms with Crippen molar-refractivity contribution >= 4 is 15.9 Å². The highest BCUT2D eigenvalue weighted by Gasteiger charge is 2.13. The van der Waals surface area contributed by atoms with Gasteiger partial charge in [0.15, 0.2) is 0 Å². The summed E-state index contributed by atoms with van der Waals surface area (Å²) < 4.78 is 12.1. The van der Waals surface area contributed by atoms with Crippen molar-refractivity contribution in [3.05, 3.63) is 47.5 Å². The molecular weight excluding hydrogens is 414 g/mol. The molecule has 1 aliphatic heterocycles. The molecule has 0 aromatic heterocycles. The van der Waals surface area contributed by atoms with Gasteiger partial charge in [0.25, 0.3) is 0 Å². The Morgan fingerprint density at radius 3 is 1.89 bits per heavy atom. The van der Waals surface area contributed by atoms with E-state index in [9.17, 15) is 0 Å². The molecule has 0 atom stereocenters. The summed E-state index contributed by atoms with van der Waals surface area (Å²) in [5.74, 6) is 1.96. The van der Waals surface area contributed by atoms with Gasteiger partial charge in [-0.15, -0.1) is 0 Å². The van der Waals surface area contributed by atoms with Gasteiger partial charge in [0.05, 0.1) is 13.2 Å².